The molecular formula is C14H25N5O. The van der Waals surface area contributed by atoms with E-state index in [1.165, 1.54) is 12.4 Å². The van der Waals surface area contributed by atoms with Gasteiger partial charge in [-0.2, -0.15) is 0 Å². The lowest BCUT2D eigenvalue weighted by molar-refractivity contribution is 0.0751. The van der Waals surface area contributed by atoms with E-state index in [-0.39, 0.29) is 11.7 Å². The number of rotatable bonds is 8. The largest absolute Gasteiger partial charge is 0.382 e. The molecule has 0 aliphatic rings. The van der Waals surface area contributed by atoms with Crippen LogP contribution in [0.5, 0.6) is 0 Å². The Morgan fingerprint density at radius 1 is 1.15 bits per heavy atom. The topological polar surface area (TPSA) is 75.3 Å². The summed E-state index contributed by atoms with van der Waals surface area (Å²) in [6, 6.07) is 0. The molecule has 0 radical (unpaired) electrons. The highest BCUT2D eigenvalue weighted by Crippen LogP contribution is 2.04. The maximum Gasteiger partial charge on any atom is 0.274 e. The van der Waals surface area contributed by atoms with Crippen molar-refractivity contribution in [3.8, 4) is 0 Å². The lowest BCUT2D eigenvalue weighted by Crippen LogP contribution is -2.35. The fourth-order valence-electron chi connectivity index (χ4n) is 2.07. The molecule has 0 saturated heterocycles. The summed E-state index contributed by atoms with van der Waals surface area (Å²) in [6.45, 7) is 10.7. The van der Waals surface area contributed by atoms with Gasteiger partial charge in [0.15, 0.2) is 0 Å². The molecule has 6 nitrogen and oxygen atoms in total. The summed E-state index contributed by atoms with van der Waals surface area (Å²) in [5.74, 6) is 0.168. The van der Waals surface area contributed by atoms with Crippen molar-refractivity contribution >= 4 is 11.7 Å². The van der Waals surface area contributed by atoms with Crippen LogP contribution in [0.1, 0.15) is 37.7 Å². The zero-order valence-corrected chi connectivity index (χ0v) is 12.7. The lowest BCUT2D eigenvalue weighted by atomic mass is 10.3. The summed E-state index contributed by atoms with van der Waals surface area (Å²) in [6.07, 6.45) is 3.86. The first kappa shape index (κ1) is 16.4. The molecule has 0 atom stereocenters. The van der Waals surface area contributed by atoms with Crippen LogP contribution in [-0.4, -0.2) is 58.4 Å². The molecule has 0 bridgehead atoms. The average Bonchev–Trinajstić information content (AvgIpc) is 2.47. The van der Waals surface area contributed by atoms with Gasteiger partial charge in [0.05, 0.1) is 12.4 Å². The van der Waals surface area contributed by atoms with Crippen molar-refractivity contribution in [2.24, 2.45) is 0 Å². The molecule has 0 aliphatic carbocycles. The SMILES string of the molecule is CCN(CC)CCCN(CC)C(=O)c1cncc(N)n1. The van der Waals surface area contributed by atoms with Crippen LogP contribution in [0, 0.1) is 0 Å². The predicted molar refractivity (Wildman–Crippen MR) is 80.4 cm³/mol. The van der Waals surface area contributed by atoms with Gasteiger partial charge in [-0.15, -0.1) is 0 Å². The zero-order valence-electron chi connectivity index (χ0n) is 12.7. The number of nitrogens with two attached hydrogens (primary N) is 1. The number of anilines is 1. The van der Waals surface area contributed by atoms with E-state index in [0.29, 0.717) is 12.2 Å². The van der Waals surface area contributed by atoms with Gasteiger partial charge in [-0.25, -0.2) is 4.98 Å². The van der Waals surface area contributed by atoms with E-state index in [1.54, 1.807) is 4.90 Å². The first-order valence-corrected chi connectivity index (χ1v) is 7.21. The van der Waals surface area contributed by atoms with Gasteiger partial charge in [-0.3, -0.25) is 9.78 Å². The standard InChI is InChI=1S/C14H25N5O/c1-4-18(5-2)8-7-9-19(6-3)14(20)12-10-16-11-13(15)17-12/h10-11H,4-9H2,1-3H3,(H2,15,17). The first-order valence-electron chi connectivity index (χ1n) is 7.21. The number of aromatic nitrogens is 2. The Hall–Kier alpha value is -1.69. The molecule has 0 aliphatic heterocycles. The number of hydrogen-bond donors (Lipinski definition) is 1. The van der Waals surface area contributed by atoms with Gasteiger partial charge < -0.3 is 15.5 Å². The summed E-state index contributed by atoms with van der Waals surface area (Å²) in [5, 5.41) is 0. The summed E-state index contributed by atoms with van der Waals surface area (Å²) in [7, 11) is 0. The second kappa shape index (κ2) is 8.47. The number of amides is 1. The third-order valence-electron chi connectivity index (χ3n) is 3.34. The van der Waals surface area contributed by atoms with Gasteiger partial charge >= 0.3 is 0 Å². The smallest absolute Gasteiger partial charge is 0.274 e. The van der Waals surface area contributed by atoms with Gasteiger partial charge in [-0.05, 0) is 33.0 Å². The van der Waals surface area contributed by atoms with E-state index in [2.05, 4.69) is 28.7 Å². The Kier molecular flexibility index (Phi) is 6.93. The van der Waals surface area contributed by atoms with E-state index in [4.69, 9.17) is 5.73 Å². The number of hydrogen-bond acceptors (Lipinski definition) is 5. The number of nitrogens with zero attached hydrogens (tertiary/aromatic N) is 4. The molecule has 0 saturated carbocycles. The third-order valence-corrected chi connectivity index (χ3v) is 3.34. The molecule has 1 rings (SSSR count). The third kappa shape index (κ3) is 4.77. The fraction of sp³-hybridized carbons (Fsp3) is 0.643. The van der Waals surface area contributed by atoms with Crippen molar-refractivity contribution in [1.82, 2.24) is 19.8 Å². The first-order chi connectivity index (χ1) is 9.62. The van der Waals surface area contributed by atoms with Crippen molar-refractivity contribution in [2.45, 2.75) is 27.2 Å². The van der Waals surface area contributed by atoms with Crippen LogP contribution >= 0.6 is 0 Å². The van der Waals surface area contributed by atoms with Crippen LogP contribution in [-0.2, 0) is 0 Å². The van der Waals surface area contributed by atoms with Gasteiger partial charge in [0.1, 0.15) is 11.5 Å². The lowest BCUT2D eigenvalue weighted by Gasteiger charge is -2.23. The van der Waals surface area contributed by atoms with E-state index < -0.39 is 0 Å². The summed E-state index contributed by atoms with van der Waals surface area (Å²) in [5.41, 5.74) is 5.88. The summed E-state index contributed by atoms with van der Waals surface area (Å²) >= 11 is 0. The minimum Gasteiger partial charge on any atom is -0.382 e. The number of carbonyl (C=O) groups is 1. The van der Waals surface area contributed by atoms with Crippen molar-refractivity contribution in [3.63, 3.8) is 0 Å². The molecule has 1 heterocycles. The van der Waals surface area contributed by atoms with Crippen molar-refractivity contribution < 1.29 is 4.79 Å². The maximum atomic E-state index is 12.3. The molecule has 0 fully saturated rings. The van der Waals surface area contributed by atoms with Crippen LogP contribution < -0.4 is 5.73 Å². The zero-order chi connectivity index (χ0) is 15.0. The molecule has 6 heteroatoms. The number of nitrogen functional groups attached to an aromatic ring is 1. The Morgan fingerprint density at radius 3 is 2.40 bits per heavy atom. The van der Waals surface area contributed by atoms with Gasteiger partial charge in [-0.1, -0.05) is 13.8 Å². The minimum atomic E-state index is -0.105. The highest BCUT2D eigenvalue weighted by atomic mass is 16.2. The molecule has 112 valence electrons. The van der Waals surface area contributed by atoms with Crippen LogP contribution in [0.25, 0.3) is 0 Å². The van der Waals surface area contributed by atoms with Crippen LogP contribution in [0.3, 0.4) is 0 Å². The van der Waals surface area contributed by atoms with Gasteiger partial charge in [0, 0.05) is 13.1 Å². The maximum absolute atomic E-state index is 12.3. The molecule has 1 aromatic heterocycles. The van der Waals surface area contributed by atoms with Crippen LogP contribution in [0.2, 0.25) is 0 Å². The van der Waals surface area contributed by atoms with Crippen LogP contribution in [0.4, 0.5) is 5.82 Å². The Balaban J connectivity index is 2.55. The summed E-state index contributed by atoms with van der Waals surface area (Å²) in [4.78, 5) is 24.4. The van der Waals surface area contributed by atoms with E-state index in [9.17, 15) is 4.79 Å². The molecule has 0 aromatic carbocycles. The van der Waals surface area contributed by atoms with Gasteiger partial charge in [0.25, 0.3) is 5.91 Å². The van der Waals surface area contributed by atoms with E-state index >= 15 is 0 Å². The quantitative estimate of drug-likeness (QED) is 0.775. The molecular weight excluding hydrogens is 254 g/mol. The minimum absolute atomic E-state index is 0.105. The molecule has 1 aromatic rings. The highest BCUT2D eigenvalue weighted by Gasteiger charge is 2.16. The Bertz CT molecular complexity index is 420. The Labute approximate surface area is 121 Å². The second-order valence-corrected chi connectivity index (χ2v) is 4.59. The van der Waals surface area contributed by atoms with Crippen molar-refractivity contribution in [2.75, 3.05) is 38.5 Å². The second-order valence-electron chi connectivity index (χ2n) is 4.59. The monoisotopic (exact) mass is 279 g/mol. The van der Waals surface area contributed by atoms with Gasteiger partial charge in [0.2, 0.25) is 0 Å². The summed E-state index contributed by atoms with van der Waals surface area (Å²) < 4.78 is 0. The van der Waals surface area contributed by atoms with E-state index in [0.717, 1.165) is 32.6 Å². The Morgan fingerprint density at radius 2 is 1.85 bits per heavy atom. The average molecular weight is 279 g/mol. The number of carbonyl (C=O) groups excluding carboxylic acids is 1. The fourth-order valence-corrected chi connectivity index (χ4v) is 2.07. The molecule has 0 unspecified atom stereocenters. The van der Waals surface area contributed by atoms with Crippen molar-refractivity contribution in [3.05, 3.63) is 18.1 Å². The molecule has 20 heavy (non-hydrogen) atoms. The molecule has 0 spiro atoms. The van der Waals surface area contributed by atoms with Crippen LogP contribution in [0.15, 0.2) is 12.4 Å². The highest BCUT2D eigenvalue weighted by molar-refractivity contribution is 5.92. The van der Waals surface area contributed by atoms with E-state index in [1.807, 2.05) is 6.92 Å². The van der Waals surface area contributed by atoms with Crippen molar-refractivity contribution in [1.29, 1.82) is 0 Å². The molecule has 1 amide bonds. The normalized spacial score (nSPS) is 10.8. The predicted octanol–water partition coefficient (Wildman–Crippen LogP) is 1.25. The molecule has 2 N–H and O–H groups in total.